The summed E-state index contributed by atoms with van der Waals surface area (Å²) in [5.41, 5.74) is 1.00. The summed E-state index contributed by atoms with van der Waals surface area (Å²) in [6, 6.07) is 0. The summed E-state index contributed by atoms with van der Waals surface area (Å²) in [6.45, 7) is 9.59. The normalized spacial score (nSPS) is 21.0. The zero-order valence-electron chi connectivity index (χ0n) is 15.6. The first-order valence-corrected chi connectivity index (χ1v) is 9.97. The molecule has 1 saturated heterocycles. The number of carbonyl (C=O) groups is 1. The van der Waals surface area contributed by atoms with Crippen molar-refractivity contribution in [2.24, 2.45) is 0 Å². The summed E-state index contributed by atoms with van der Waals surface area (Å²) in [5.74, 6) is 0.985. The average Bonchev–Trinajstić information content (AvgIpc) is 3.16. The first-order chi connectivity index (χ1) is 12.5. The van der Waals surface area contributed by atoms with E-state index in [1.807, 2.05) is 18.5 Å². The maximum Gasteiger partial charge on any atom is 0.226 e. The largest absolute Gasteiger partial charge is 0.373 e. The Morgan fingerprint density at radius 3 is 2.85 bits per heavy atom. The van der Waals surface area contributed by atoms with Gasteiger partial charge in [-0.25, -0.2) is 9.97 Å². The summed E-state index contributed by atoms with van der Waals surface area (Å²) < 4.78 is 7.82. The van der Waals surface area contributed by atoms with E-state index in [0.717, 1.165) is 44.1 Å². The van der Waals surface area contributed by atoms with Gasteiger partial charge in [0.05, 0.1) is 17.9 Å². The summed E-state index contributed by atoms with van der Waals surface area (Å²) in [4.78, 5) is 23.2. The molecule has 0 unspecified atom stereocenters. The van der Waals surface area contributed by atoms with Crippen LogP contribution in [0.25, 0.3) is 0 Å². The average molecular weight is 378 g/mol. The van der Waals surface area contributed by atoms with Crippen molar-refractivity contribution < 1.29 is 9.53 Å². The van der Waals surface area contributed by atoms with E-state index in [1.54, 1.807) is 6.20 Å². The highest BCUT2D eigenvalue weighted by molar-refractivity contribution is 7.13. The third-order valence-corrected chi connectivity index (χ3v) is 5.21. The number of rotatable bonds is 7. The Kier molecular flexibility index (Phi) is 6.39. The van der Waals surface area contributed by atoms with Crippen LogP contribution in [-0.2, 0) is 22.6 Å². The summed E-state index contributed by atoms with van der Waals surface area (Å²) in [6.07, 6.45) is 5.47. The van der Waals surface area contributed by atoms with Crippen LogP contribution < -0.4 is 5.32 Å². The van der Waals surface area contributed by atoms with E-state index in [0.29, 0.717) is 11.6 Å². The number of hydrogen-bond donors (Lipinski definition) is 1. The van der Waals surface area contributed by atoms with E-state index < -0.39 is 0 Å². The van der Waals surface area contributed by atoms with Crippen molar-refractivity contribution >= 4 is 22.4 Å². The van der Waals surface area contributed by atoms with Gasteiger partial charge in [-0.15, -0.1) is 11.3 Å². The van der Waals surface area contributed by atoms with Crippen LogP contribution in [0.1, 0.15) is 38.2 Å². The molecule has 1 aliphatic rings. The van der Waals surface area contributed by atoms with Crippen LogP contribution in [-0.4, -0.2) is 50.6 Å². The van der Waals surface area contributed by atoms with Gasteiger partial charge in [-0.2, -0.15) is 0 Å². The monoisotopic (exact) mass is 377 g/mol. The number of ether oxygens (including phenoxy) is 1. The van der Waals surface area contributed by atoms with Gasteiger partial charge in [-0.3, -0.25) is 9.69 Å². The molecule has 1 amide bonds. The fourth-order valence-electron chi connectivity index (χ4n) is 3.31. The predicted molar refractivity (Wildman–Crippen MR) is 102 cm³/mol. The van der Waals surface area contributed by atoms with Gasteiger partial charge in [0.1, 0.15) is 5.82 Å². The Morgan fingerprint density at radius 1 is 1.38 bits per heavy atom. The lowest BCUT2D eigenvalue weighted by molar-refractivity contribution is -0.116. The van der Waals surface area contributed by atoms with Crippen LogP contribution >= 0.6 is 11.3 Å². The van der Waals surface area contributed by atoms with Gasteiger partial charge in [0, 0.05) is 50.4 Å². The topological polar surface area (TPSA) is 72.3 Å². The minimum Gasteiger partial charge on any atom is -0.373 e. The van der Waals surface area contributed by atoms with Gasteiger partial charge in [-0.1, -0.05) is 0 Å². The lowest BCUT2D eigenvalue weighted by Crippen LogP contribution is -2.44. The first kappa shape index (κ1) is 19.0. The molecule has 2 aromatic rings. The van der Waals surface area contributed by atoms with Gasteiger partial charge < -0.3 is 14.6 Å². The molecule has 1 aliphatic heterocycles. The van der Waals surface area contributed by atoms with Gasteiger partial charge in [0.25, 0.3) is 0 Å². The highest BCUT2D eigenvalue weighted by Gasteiger charge is 2.22. The number of anilines is 1. The molecular formula is C18H27N5O2S. The molecule has 3 rings (SSSR count). The van der Waals surface area contributed by atoms with Crippen molar-refractivity contribution in [3.05, 3.63) is 29.3 Å². The zero-order chi connectivity index (χ0) is 18.5. The van der Waals surface area contributed by atoms with Crippen molar-refractivity contribution in [3.63, 3.8) is 0 Å². The van der Waals surface area contributed by atoms with Crippen molar-refractivity contribution in [1.29, 1.82) is 0 Å². The van der Waals surface area contributed by atoms with Crippen LogP contribution in [0.4, 0.5) is 5.13 Å². The number of morpholine rings is 1. The van der Waals surface area contributed by atoms with Crippen molar-refractivity contribution in [2.75, 3.05) is 18.4 Å². The number of amides is 1. The fourth-order valence-corrected chi connectivity index (χ4v) is 4.03. The standard InChI is InChI=1S/C18H27N5O2S/c1-13-9-22(10-14(2)25-13)11-16-12-26-18(20-16)21-17(24)5-4-7-23-8-6-19-15(23)3/h6,8,12-14H,4-5,7,9-11H2,1-3H3,(H,20,21,24)/t13-,14-/m0/s1. The number of aromatic nitrogens is 3. The number of nitrogens with one attached hydrogen (secondary N) is 1. The highest BCUT2D eigenvalue weighted by Crippen LogP contribution is 2.19. The molecule has 8 heteroatoms. The highest BCUT2D eigenvalue weighted by atomic mass is 32.1. The first-order valence-electron chi connectivity index (χ1n) is 9.09. The molecule has 142 valence electrons. The molecular weight excluding hydrogens is 350 g/mol. The number of carbonyl (C=O) groups excluding carboxylic acids is 1. The number of imidazole rings is 1. The number of thiazole rings is 1. The summed E-state index contributed by atoms with van der Waals surface area (Å²) in [7, 11) is 0. The maximum atomic E-state index is 12.1. The quantitative estimate of drug-likeness (QED) is 0.803. The SMILES string of the molecule is Cc1nccn1CCCC(=O)Nc1nc(CN2C[C@H](C)O[C@@H](C)C2)cs1. The van der Waals surface area contributed by atoms with Gasteiger partial charge in [0.15, 0.2) is 5.13 Å². The number of aryl methyl sites for hydroxylation is 2. The van der Waals surface area contributed by atoms with E-state index in [2.05, 4.69) is 38.6 Å². The smallest absolute Gasteiger partial charge is 0.226 e. The lowest BCUT2D eigenvalue weighted by atomic mass is 10.2. The van der Waals surface area contributed by atoms with E-state index in [9.17, 15) is 4.79 Å². The van der Waals surface area contributed by atoms with Crippen LogP contribution in [0.5, 0.6) is 0 Å². The molecule has 0 radical (unpaired) electrons. The predicted octanol–water partition coefficient (Wildman–Crippen LogP) is 2.68. The Labute approximate surface area is 158 Å². The fraction of sp³-hybridized carbons (Fsp3) is 0.611. The Hall–Kier alpha value is -1.77. The zero-order valence-corrected chi connectivity index (χ0v) is 16.5. The van der Waals surface area contributed by atoms with Gasteiger partial charge in [-0.05, 0) is 27.2 Å². The Balaban J connectivity index is 1.42. The Bertz CT molecular complexity index is 719. The van der Waals surface area contributed by atoms with E-state index in [4.69, 9.17) is 4.74 Å². The van der Waals surface area contributed by atoms with Gasteiger partial charge >= 0.3 is 0 Å². The summed E-state index contributed by atoms with van der Waals surface area (Å²) in [5, 5.41) is 5.61. The molecule has 3 heterocycles. The molecule has 1 fully saturated rings. The third-order valence-electron chi connectivity index (χ3n) is 4.41. The molecule has 0 aromatic carbocycles. The van der Waals surface area contributed by atoms with E-state index in [-0.39, 0.29) is 18.1 Å². The van der Waals surface area contributed by atoms with Gasteiger partial charge in [0.2, 0.25) is 5.91 Å². The van der Waals surface area contributed by atoms with E-state index in [1.165, 1.54) is 11.3 Å². The molecule has 26 heavy (non-hydrogen) atoms. The second-order valence-corrected chi connectivity index (χ2v) is 7.77. The van der Waals surface area contributed by atoms with Crippen molar-refractivity contribution in [2.45, 2.75) is 58.9 Å². The minimum atomic E-state index is 0.0114. The number of nitrogens with zero attached hydrogens (tertiary/aromatic N) is 4. The van der Waals surface area contributed by atoms with Crippen LogP contribution in [0.15, 0.2) is 17.8 Å². The van der Waals surface area contributed by atoms with Crippen LogP contribution in [0.2, 0.25) is 0 Å². The molecule has 2 aromatic heterocycles. The second kappa shape index (κ2) is 8.75. The molecule has 0 aliphatic carbocycles. The van der Waals surface area contributed by atoms with Crippen LogP contribution in [0, 0.1) is 6.92 Å². The summed E-state index contributed by atoms with van der Waals surface area (Å²) >= 11 is 1.49. The number of hydrogen-bond acceptors (Lipinski definition) is 6. The minimum absolute atomic E-state index is 0.0114. The molecule has 0 saturated carbocycles. The molecule has 7 nitrogen and oxygen atoms in total. The molecule has 0 spiro atoms. The molecule has 2 atom stereocenters. The van der Waals surface area contributed by atoms with Crippen molar-refractivity contribution in [1.82, 2.24) is 19.4 Å². The molecule has 0 bridgehead atoms. The second-order valence-electron chi connectivity index (χ2n) is 6.91. The van der Waals surface area contributed by atoms with Crippen molar-refractivity contribution in [3.8, 4) is 0 Å². The third kappa shape index (κ3) is 5.36. The van der Waals surface area contributed by atoms with E-state index >= 15 is 0 Å². The maximum absolute atomic E-state index is 12.1. The Morgan fingerprint density at radius 2 is 2.15 bits per heavy atom. The van der Waals surface area contributed by atoms with Crippen LogP contribution in [0.3, 0.4) is 0 Å². The lowest BCUT2D eigenvalue weighted by Gasteiger charge is -2.34. The molecule has 1 N–H and O–H groups in total.